The van der Waals surface area contributed by atoms with E-state index in [-0.39, 0.29) is 18.1 Å². The van der Waals surface area contributed by atoms with Gasteiger partial charge in [0.1, 0.15) is 0 Å². The van der Waals surface area contributed by atoms with Crippen molar-refractivity contribution in [3.8, 4) is 0 Å². The Morgan fingerprint density at radius 1 is 1.62 bits per heavy atom. The summed E-state index contributed by atoms with van der Waals surface area (Å²) in [6, 6.07) is 0. The van der Waals surface area contributed by atoms with E-state index in [9.17, 15) is 0 Å². The van der Waals surface area contributed by atoms with E-state index in [1.54, 1.807) is 0 Å². The van der Waals surface area contributed by atoms with Gasteiger partial charge in [0.15, 0.2) is 0 Å². The van der Waals surface area contributed by atoms with Crippen LogP contribution in [-0.2, 0) is 0 Å². The van der Waals surface area contributed by atoms with Crippen LogP contribution in [0.25, 0.3) is 0 Å². The van der Waals surface area contributed by atoms with Gasteiger partial charge in [0.25, 0.3) is 0 Å². The van der Waals surface area contributed by atoms with Gasteiger partial charge in [0.2, 0.25) is 11.9 Å². The van der Waals surface area contributed by atoms with Gasteiger partial charge < -0.3 is 16.2 Å². The molecule has 1 heterocycles. The molecule has 0 aromatic carbocycles. The van der Waals surface area contributed by atoms with Crippen LogP contribution in [0.15, 0.2) is 0 Å². The van der Waals surface area contributed by atoms with E-state index < -0.39 is 0 Å². The van der Waals surface area contributed by atoms with E-state index in [0.717, 1.165) is 19.3 Å². The first-order valence-corrected chi connectivity index (χ1v) is 4.31. The Morgan fingerprint density at radius 3 is 2.77 bits per heavy atom. The zero-order chi connectivity index (χ0) is 9.31. The van der Waals surface area contributed by atoms with Gasteiger partial charge in [0.05, 0.1) is 12.1 Å². The van der Waals surface area contributed by atoms with Crippen LogP contribution >= 0.6 is 0 Å². The second-order valence-electron chi connectivity index (χ2n) is 3.46. The third-order valence-corrected chi connectivity index (χ3v) is 2.49. The van der Waals surface area contributed by atoms with Crippen LogP contribution in [0.3, 0.4) is 0 Å². The number of nitrogens with one attached hydrogen (secondary N) is 2. The molecule has 1 aliphatic rings. The minimum atomic E-state index is -0.214. The van der Waals surface area contributed by atoms with E-state index in [0.29, 0.717) is 5.95 Å². The van der Waals surface area contributed by atoms with E-state index in [1.165, 1.54) is 0 Å². The molecule has 0 aliphatic heterocycles. The normalized spacial score (nSPS) is 19.5. The zero-order valence-electron chi connectivity index (χ0n) is 7.25. The van der Waals surface area contributed by atoms with Crippen molar-refractivity contribution < 1.29 is 5.11 Å². The number of nitrogens with two attached hydrogens (primary N) is 1. The lowest BCUT2D eigenvalue weighted by atomic mass is 9.77. The Hall–Kier alpha value is -1.30. The van der Waals surface area contributed by atoms with Crippen LogP contribution < -0.4 is 11.1 Å². The fraction of sp³-hybridized carbons (Fsp3) is 0.714. The van der Waals surface area contributed by atoms with Crippen LogP contribution in [-0.4, -0.2) is 32.4 Å². The topological polar surface area (TPSA) is 99.8 Å². The molecule has 1 saturated carbocycles. The van der Waals surface area contributed by atoms with Gasteiger partial charge in [0, 0.05) is 0 Å². The molecule has 0 unspecified atom stereocenters. The number of hydrogen-bond acceptors (Lipinski definition) is 5. The number of aliphatic hydroxyl groups excluding tert-OH is 1. The van der Waals surface area contributed by atoms with Gasteiger partial charge >= 0.3 is 0 Å². The number of rotatable bonds is 3. The average Bonchev–Trinajstić information content (AvgIpc) is 2.44. The summed E-state index contributed by atoms with van der Waals surface area (Å²) in [5.74, 6) is 0.751. The zero-order valence-corrected chi connectivity index (χ0v) is 7.25. The van der Waals surface area contributed by atoms with Crippen molar-refractivity contribution in [1.29, 1.82) is 0 Å². The summed E-state index contributed by atoms with van der Waals surface area (Å²) in [6.45, 7) is 0.113. The van der Waals surface area contributed by atoms with Gasteiger partial charge in [-0.15, -0.1) is 5.10 Å². The molecule has 72 valence electrons. The number of aromatic amines is 1. The third kappa shape index (κ3) is 1.44. The molecule has 13 heavy (non-hydrogen) atoms. The van der Waals surface area contributed by atoms with Crippen molar-refractivity contribution in [3.05, 3.63) is 0 Å². The number of hydrogen-bond donors (Lipinski definition) is 4. The molecule has 0 radical (unpaired) electrons. The van der Waals surface area contributed by atoms with Gasteiger partial charge in [-0.05, 0) is 19.3 Å². The summed E-state index contributed by atoms with van der Waals surface area (Å²) < 4.78 is 0. The molecule has 0 atom stereocenters. The summed E-state index contributed by atoms with van der Waals surface area (Å²) in [7, 11) is 0. The first-order valence-electron chi connectivity index (χ1n) is 4.31. The van der Waals surface area contributed by atoms with Gasteiger partial charge in [-0.3, -0.25) is 0 Å². The van der Waals surface area contributed by atoms with Crippen LogP contribution in [0.1, 0.15) is 19.3 Å². The second-order valence-corrected chi connectivity index (χ2v) is 3.46. The Balaban J connectivity index is 2.04. The van der Waals surface area contributed by atoms with Gasteiger partial charge in [-0.1, -0.05) is 0 Å². The first kappa shape index (κ1) is 8.31. The standard InChI is InChI=1S/C7H13N5O/c8-5-9-6(12-11-5)10-7(4-13)2-1-3-7/h13H,1-4H2,(H4,8,9,10,11,12). The highest BCUT2D eigenvalue weighted by Gasteiger charge is 2.37. The SMILES string of the molecule is Nc1nc(NC2(CO)CCC2)n[nH]1. The van der Waals surface area contributed by atoms with E-state index >= 15 is 0 Å². The molecule has 0 bridgehead atoms. The molecule has 1 fully saturated rings. The van der Waals surface area contributed by atoms with Crippen molar-refractivity contribution in [2.45, 2.75) is 24.8 Å². The molecule has 5 N–H and O–H groups in total. The van der Waals surface area contributed by atoms with Gasteiger partial charge in [-0.2, -0.15) is 4.98 Å². The fourth-order valence-electron chi connectivity index (χ4n) is 1.49. The summed E-state index contributed by atoms with van der Waals surface area (Å²) in [5, 5.41) is 18.6. The highest BCUT2D eigenvalue weighted by Crippen LogP contribution is 2.33. The van der Waals surface area contributed by atoms with E-state index in [2.05, 4.69) is 20.5 Å². The quantitative estimate of drug-likeness (QED) is 0.516. The molecule has 0 amide bonds. The molecule has 0 saturated heterocycles. The lowest BCUT2D eigenvalue weighted by Crippen LogP contribution is -2.48. The van der Waals surface area contributed by atoms with Crippen LogP contribution in [0.5, 0.6) is 0 Å². The largest absolute Gasteiger partial charge is 0.394 e. The average molecular weight is 183 g/mol. The fourth-order valence-corrected chi connectivity index (χ4v) is 1.49. The Morgan fingerprint density at radius 2 is 2.38 bits per heavy atom. The number of aliphatic hydroxyl groups is 1. The van der Waals surface area contributed by atoms with Crippen molar-refractivity contribution in [3.63, 3.8) is 0 Å². The lowest BCUT2D eigenvalue weighted by molar-refractivity contribution is 0.143. The maximum absolute atomic E-state index is 9.15. The van der Waals surface area contributed by atoms with E-state index in [4.69, 9.17) is 10.8 Å². The number of aromatic nitrogens is 3. The maximum Gasteiger partial charge on any atom is 0.244 e. The minimum Gasteiger partial charge on any atom is -0.394 e. The van der Waals surface area contributed by atoms with Gasteiger partial charge in [-0.25, -0.2) is 5.10 Å². The predicted octanol–water partition coefficient (Wildman–Crippen LogP) is -0.286. The number of nitrogen functional groups attached to an aromatic ring is 1. The lowest BCUT2D eigenvalue weighted by Gasteiger charge is -2.40. The molecule has 0 spiro atoms. The Bertz CT molecular complexity index is 287. The molecule has 1 aromatic rings. The third-order valence-electron chi connectivity index (χ3n) is 2.49. The van der Waals surface area contributed by atoms with Crippen molar-refractivity contribution in [2.24, 2.45) is 0 Å². The smallest absolute Gasteiger partial charge is 0.244 e. The summed E-state index contributed by atoms with van der Waals surface area (Å²) in [5.41, 5.74) is 5.15. The summed E-state index contributed by atoms with van der Waals surface area (Å²) in [4.78, 5) is 3.91. The minimum absolute atomic E-state index is 0.113. The summed E-state index contributed by atoms with van der Waals surface area (Å²) in [6.07, 6.45) is 3.04. The summed E-state index contributed by atoms with van der Waals surface area (Å²) >= 11 is 0. The Kier molecular flexibility index (Phi) is 1.84. The van der Waals surface area contributed by atoms with Crippen LogP contribution in [0.4, 0.5) is 11.9 Å². The Labute approximate surface area is 75.6 Å². The molecule has 1 aromatic heterocycles. The predicted molar refractivity (Wildman–Crippen MR) is 48.1 cm³/mol. The maximum atomic E-state index is 9.15. The first-order chi connectivity index (χ1) is 6.24. The highest BCUT2D eigenvalue weighted by molar-refractivity contribution is 5.34. The molecule has 6 heteroatoms. The second kappa shape index (κ2) is 2.88. The molecule has 1 aliphatic carbocycles. The number of nitrogens with zero attached hydrogens (tertiary/aromatic N) is 2. The number of H-pyrrole nitrogens is 1. The molecule has 2 rings (SSSR count). The monoisotopic (exact) mass is 183 g/mol. The molecular formula is C7H13N5O. The highest BCUT2D eigenvalue weighted by atomic mass is 16.3. The van der Waals surface area contributed by atoms with Crippen molar-refractivity contribution >= 4 is 11.9 Å². The van der Waals surface area contributed by atoms with Crippen LogP contribution in [0.2, 0.25) is 0 Å². The van der Waals surface area contributed by atoms with Crippen molar-refractivity contribution in [2.75, 3.05) is 17.7 Å². The number of anilines is 2. The van der Waals surface area contributed by atoms with Crippen molar-refractivity contribution in [1.82, 2.24) is 15.2 Å². The van der Waals surface area contributed by atoms with Crippen LogP contribution in [0, 0.1) is 0 Å². The molecular weight excluding hydrogens is 170 g/mol. The molecule has 6 nitrogen and oxygen atoms in total. The van der Waals surface area contributed by atoms with E-state index in [1.807, 2.05) is 0 Å².